The Morgan fingerprint density at radius 2 is 2.18 bits per heavy atom. The van der Waals surface area contributed by atoms with Crippen molar-refractivity contribution in [2.24, 2.45) is 0 Å². The molecule has 88 valence electrons. The van der Waals surface area contributed by atoms with E-state index in [0.717, 1.165) is 36.5 Å². The van der Waals surface area contributed by atoms with Crippen molar-refractivity contribution in [3.63, 3.8) is 0 Å². The van der Waals surface area contributed by atoms with E-state index >= 15 is 0 Å². The molecule has 0 aliphatic carbocycles. The average molecular weight is 230 g/mol. The van der Waals surface area contributed by atoms with E-state index in [1.54, 1.807) is 12.4 Å². The van der Waals surface area contributed by atoms with E-state index in [1.165, 1.54) is 0 Å². The first-order valence-electron chi connectivity index (χ1n) is 5.68. The summed E-state index contributed by atoms with van der Waals surface area (Å²) in [7, 11) is 0. The SMILES string of the molecule is Nc1n[nH]c(C2CCOC2)c1-c1ccncc1. The number of ether oxygens (including phenoxy) is 1. The highest BCUT2D eigenvalue weighted by Gasteiger charge is 2.24. The lowest BCUT2D eigenvalue weighted by Crippen LogP contribution is -2.00. The van der Waals surface area contributed by atoms with Crippen LogP contribution in [-0.2, 0) is 4.74 Å². The summed E-state index contributed by atoms with van der Waals surface area (Å²) in [5.74, 6) is 0.904. The molecule has 0 amide bonds. The van der Waals surface area contributed by atoms with Crippen molar-refractivity contribution in [2.75, 3.05) is 18.9 Å². The third-order valence-corrected chi connectivity index (χ3v) is 3.13. The normalized spacial score (nSPS) is 19.6. The summed E-state index contributed by atoms with van der Waals surface area (Å²) in [5, 5.41) is 7.15. The van der Waals surface area contributed by atoms with Gasteiger partial charge in [-0.1, -0.05) is 0 Å². The van der Waals surface area contributed by atoms with Crippen LogP contribution in [0.4, 0.5) is 5.82 Å². The minimum Gasteiger partial charge on any atom is -0.382 e. The summed E-state index contributed by atoms with van der Waals surface area (Å²) in [4.78, 5) is 4.02. The van der Waals surface area contributed by atoms with Gasteiger partial charge in [0.05, 0.1) is 12.3 Å². The van der Waals surface area contributed by atoms with Crippen molar-refractivity contribution in [1.82, 2.24) is 15.2 Å². The smallest absolute Gasteiger partial charge is 0.153 e. The van der Waals surface area contributed by atoms with Crippen molar-refractivity contribution in [2.45, 2.75) is 12.3 Å². The lowest BCUT2D eigenvalue weighted by atomic mass is 9.97. The molecule has 0 bridgehead atoms. The van der Waals surface area contributed by atoms with Gasteiger partial charge in [-0.2, -0.15) is 5.10 Å². The largest absolute Gasteiger partial charge is 0.382 e. The second kappa shape index (κ2) is 4.18. The number of pyridine rings is 1. The van der Waals surface area contributed by atoms with E-state index in [9.17, 15) is 0 Å². The van der Waals surface area contributed by atoms with E-state index in [0.29, 0.717) is 11.7 Å². The van der Waals surface area contributed by atoms with Crippen molar-refractivity contribution < 1.29 is 4.74 Å². The molecule has 0 aromatic carbocycles. The Morgan fingerprint density at radius 3 is 2.88 bits per heavy atom. The molecule has 0 saturated carbocycles. The minimum absolute atomic E-state index is 0.364. The Labute approximate surface area is 99.0 Å². The van der Waals surface area contributed by atoms with Gasteiger partial charge in [0.25, 0.3) is 0 Å². The number of nitrogens with two attached hydrogens (primary N) is 1. The molecule has 3 N–H and O–H groups in total. The maximum Gasteiger partial charge on any atom is 0.153 e. The fourth-order valence-corrected chi connectivity index (χ4v) is 2.25. The lowest BCUT2D eigenvalue weighted by Gasteiger charge is -2.08. The molecule has 2 aromatic rings. The van der Waals surface area contributed by atoms with Crippen LogP contribution in [0.3, 0.4) is 0 Å². The molecular formula is C12H14N4O. The van der Waals surface area contributed by atoms with Crippen LogP contribution in [0.25, 0.3) is 11.1 Å². The first-order valence-corrected chi connectivity index (χ1v) is 5.68. The third kappa shape index (κ3) is 1.78. The summed E-state index contributed by atoms with van der Waals surface area (Å²) in [6, 6.07) is 3.89. The van der Waals surface area contributed by atoms with E-state index in [1.807, 2.05) is 12.1 Å². The van der Waals surface area contributed by atoms with Crippen molar-refractivity contribution in [3.8, 4) is 11.1 Å². The zero-order valence-electron chi connectivity index (χ0n) is 9.39. The van der Waals surface area contributed by atoms with E-state index in [-0.39, 0.29) is 0 Å². The average Bonchev–Trinajstić information content (AvgIpc) is 2.98. The first kappa shape index (κ1) is 10.3. The Kier molecular flexibility index (Phi) is 2.53. The predicted molar refractivity (Wildman–Crippen MR) is 64.4 cm³/mol. The summed E-state index contributed by atoms with van der Waals surface area (Å²) in [6.45, 7) is 1.54. The molecule has 1 atom stereocenters. The molecule has 3 rings (SSSR count). The molecule has 2 aromatic heterocycles. The van der Waals surface area contributed by atoms with Gasteiger partial charge < -0.3 is 10.5 Å². The van der Waals surface area contributed by atoms with Gasteiger partial charge in [0, 0.05) is 30.5 Å². The Bertz CT molecular complexity index is 502. The fraction of sp³-hybridized carbons (Fsp3) is 0.333. The second-order valence-corrected chi connectivity index (χ2v) is 4.19. The summed E-state index contributed by atoms with van der Waals surface area (Å²) in [5.41, 5.74) is 9.05. The van der Waals surface area contributed by atoms with Crippen LogP contribution in [0, 0.1) is 0 Å². The number of aromatic amines is 1. The third-order valence-electron chi connectivity index (χ3n) is 3.13. The van der Waals surface area contributed by atoms with E-state index in [4.69, 9.17) is 10.5 Å². The molecule has 5 nitrogen and oxygen atoms in total. The molecular weight excluding hydrogens is 216 g/mol. The van der Waals surface area contributed by atoms with Gasteiger partial charge in [0.2, 0.25) is 0 Å². The van der Waals surface area contributed by atoms with Crippen molar-refractivity contribution in [1.29, 1.82) is 0 Å². The van der Waals surface area contributed by atoms with Gasteiger partial charge in [-0.3, -0.25) is 10.1 Å². The number of nitrogens with one attached hydrogen (secondary N) is 1. The Balaban J connectivity index is 2.06. The number of nitrogen functional groups attached to an aromatic ring is 1. The maximum atomic E-state index is 5.94. The van der Waals surface area contributed by atoms with Gasteiger partial charge in [0.15, 0.2) is 5.82 Å². The van der Waals surface area contributed by atoms with Crippen LogP contribution in [0.15, 0.2) is 24.5 Å². The molecule has 1 saturated heterocycles. The summed E-state index contributed by atoms with van der Waals surface area (Å²) in [6.07, 6.45) is 4.53. The van der Waals surface area contributed by atoms with Crippen LogP contribution in [0.5, 0.6) is 0 Å². The molecule has 1 unspecified atom stereocenters. The minimum atomic E-state index is 0.364. The highest BCUT2D eigenvalue weighted by Crippen LogP contribution is 2.35. The van der Waals surface area contributed by atoms with Gasteiger partial charge in [-0.05, 0) is 24.1 Å². The fourth-order valence-electron chi connectivity index (χ4n) is 2.25. The van der Waals surface area contributed by atoms with Crippen LogP contribution in [0.1, 0.15) is 18.0 Å². The zero-order chi connectivity index (χ0) is 11.7. The lowest BCUT2D eigenvalue weighted by molar-refractivity contribution is 0.193. The number of anilines is 1. The summed E-state index contributed by atoms with van der Waals surface area (Å²) < 4.78 is 5.41. The van der Waals surface area contributed by atoms with Gasteiger partial charge in [0.1, 0.15) is 0 Å². The van der Waals surface area contributed by atoms with Crippen molar-refractivity contribution in [3.05, 3.63) is 30.2 Å². The van der Waals surface area contributed by atoms with Gasteiger partial charge in [-0.25, -0.2) is 0 Å². The van der Waals surface area contributed by atoms with Crippen LogP contribution < -0.4 is 5.73 Å². The topological polar surface area (TPSA) is 76.8 Å². The molecule has 1 fully saturated rings. The molecule has 0 radical (unpaired) electrons. The van der Waals surface area contributed by atoms with E-state index < -0.39 is 0 Å². The number of aromatic nitrogens is 3. The van der Waals surface area contributed by atoms with Crippen LogP contribution in [0.2, 0.25) is 0 Å². The van der Waals surface area contributed by atoms with Gasteiger partial charge in [-0.15, -0.1) is 0 Å². The zero-order valence-corrected chi connectivity index (χ0v) is 9.39. The highest BCUT2D eigenvalue weighted by atomic mass is 16.5. The number of hydrogen-bond donors (Lipinski definition) is 2. The first-order chi connectivity index (χ1) is 8.36. The van der Waals surface area contributed by atoms with E-state index in [2.05, 4.69) is 15.2 Å². The predicted octanol–water partition coefficient (Wildman–Crippen LogP) is 1.56. The van der Waals surface area contributed by atoms with Gasteiger partial charge >= 0.3 is 0 Å². The van der Waals surface area contributed by atoms with Crippen LogP contribution in [-0.4, -0.2) is 28.4 Å². The standard InChI is InChI=1S/C12H14N4O/c13-12-10(8-1-4-14-5-2-8)11(15-16-12)9-3-6-17-7-9/h1-2,4-5,9H,3,6-7H2,(H3,13,15,16). The quantitative estimate of drug-likeness (QED) is 0.820. The molecule has 3 heterocycles. The van der Waals surface area contributed by atoms with Crippen LogP contribution >= 0.6 is 0 Å². The highest BCUT2D eigenvalue weighted by molar-refractivity contribution is 5.76. The van der Waals surface area contributed by atoms with Crippen molar-refractivity contribution >= 4 is 5.82 Å². The molecule has 5 heteroatoms. The number of H-pyrrole nitrogens is 1. The molecule has 17 heavy (non-hydrogen) atoms. The Hall–Kier alpha value is -1.88. The monoisotopic (exact) mass is 230 g/mol. The molecule has 1 aliphatic heterocycles. The number of nitrogens with zero attached hydrogens (tertiary/aromatic N) is 2. The molecule has 1 aliphatic rings. The second-order valence-electron chi connectivity index (χ2n) is 4.19. The summed E-state index contributed by atoms with van der Waals surface area (Å²) >= 11 is 0. The molecule has 0 spiro atoms. The Morgan fingerprint density at radius 1 is 1.35 bits per heavy atom. The maximum absolute atomic E-state index is 5.94. The number of rotatable bonds is 2. The number of hydrogen-bond acceptors (Lipinski definition) is 4.